The number of nitrogens with one attached hydrogen (secondary N) is 1. The number of benzene rings is 2. The Morgan fingerprint density at radius 1 is 1.25 bits per heavy atom. The van der Waals surface area contributed by atoms with Crippen molar-refractivity contribution in [3.63, 3.8) is 0 Å². The Morgan fingerprint density at radius 2 is 2.05 bits per heavy atom. The van der Waals surface area contributed by atoms with Crippen LogP contribution in [0.5, 0.6) is 0 Å². The van der Waals surface area contributed by atoms with E-state index in [1.54, 1.807) is 12.1 Å². The van der Waals surface area contributed by atoms with Crippen LogP contribution in [0.15, 0.2) is 46.9 Å². The Balaban J connectivity index is 1.96. The maximum absolute atomic E-state index is 10.8. The second kappa shape index (κ2) is 6.43. The first-order valence-electron chi connectivity index (χ1n) is 6.17. The van der Waals surface area contributed by atoms with Gasteiger partial charge >= 0.3 is 5.97 Å². The van der Waals surface area contributed by atoms with Gasteiger partial charge in [0.2, 0.25) is 0 Å². The van der Waals surface area contributed by atoms with Gasteiger partial charge in [-0.05, 0) is 42.3 Å². The topological polar surface area (TPSA) is 75.4 Å². The number of halogens is 1. The first-order valence-corrected chi connectivity index (χ1v) is 6.96. The minimum atomic E-state index is -0.975. The van der Waals surface area contributed by atoms with E-state index in [1.165, 1.54) is 11.6 Å². The molecule has 20 heavy (non-hydrogen) atoms. The third-order valence-electron chi connectivity index (χ3n) is 2.92. The molecule has 5 heteroatoms. The lowest BCUT2D eigenvalue weighted by Gasteiger charge is -2.10. The summed E-state index contributed by atoms with van der Waals surface area (Å²) >= 11 is 3.44. The summed E-state index contributed by atoms with van der Waals surface area (Å²) in [5.41, 5.74) is 8.44. The van der Waals surface area contributed by atoms with Crippen molar-refractivity contribution in [3.8, 4) is 0 Å². The number of carboxylic acid groups (broad SMARTS) is 1. The highest BCUT2D eigenvalue weighted by Crippen LogP contribution is 2.20. The summed E-state index contributed by atoms with van der Waals surface area (Å²) in [6, 6.07) is 12.8. The zero-order chi connectivity index (χ0) is 14.5. The van der Waals surface area contributed by atoms with Crippen LogP contribution < -0.4 is 11.1 Å². The van der Waals surface area contributed by atoms with Crippen LogP contribution >= 0.6 is 15.9 Å². The molecule has 4 nitrogen and oxygen atoms in total. The number of carboxylic acids is 1. The van der Waals surface area contributed by atoms with Crippen molar-refractivity contribution >= 4 is 33.3 Å². The van der Waals surface area contributed by atoms with Gasteiger partial charge in [-0.15, -0.1) is 0 Å². The molecule has 2 rings (SSSR count). The Morgan fingerprint density at radius 3 is 2.70 bits per heavy atom. The molecule has 0 aliphatic rings. The van der Waals surface area contributed by atoms with Gasteiger partial charge in [0.25, 0.3) is 0 Å². The van der Waals surface area contributed by atoms with Gasteiger partial charge in [-0.3, -0.25) is 0 Å². The summed E-state index contributed by atoms with van der Waals surface area (Å²) in [7, 11) is 0. The normalized spacial score (nSPS) is 10.2. The van der Waals surface area contributed by atoms with Crippen molar-refractivity contribution in [3.05, 3.63) is 58.1 Å². The standard InChI is InChI=1S/C15H15BrN2O2/c16-12-3-1-2-10(8-12)6-7-18-14-5-4-11(15(19)20)9-13(14)17/h1-5,8-9,18H,6-7,17H2,(H,19,20). The summed E-state index contributed by atoms with van der Waals surface area (Å²) in [4.78, 5) is 10.8. The fourth-order valence-electron chi connectivity index (χ4n) is 1.89. The van der Waals surface area contributed by atoms with Gasteiger partial charge in [0.1, 0.15) is 0 Å². The summed E-state index contributed by atoms with van der Waals surface area (Å²) < 4.78 is 1.06. The van der Waals surface area contributed by atoms with Gasteiger partial charge in [0.05, 0.1) is 16.9 Å². The molecule has 0 fully saturated rings. The Kier molecular flexibility index (Phi) is 4.63. The minimum Gasteiger partial charge on any atom is -0.478 e. The average Bonchev–Trinajstić information content (AvgIpc) is 2.40. The molecular formula is C15H15BrN2O2. The summed E-state index contributed by atoms with van der Waals surface area (Å²) in [5, 5.41) is 12.1. The Hall–Kier alpha value is -2.01. The van der Waals surface area contributed by atoms with E-state index in [4.69, 9.17) is 10.8 Å². The van der Waals surface area contributed by atoms with E-state index < -0.39 is 5.97 Å². The quantitative estimate of drug-likeness (QED) is 0.732. The van der Waals surface area contributed by atoms with Crippen molar-refractivity contribution in [1.82, 2.24) is 0 Å². The summed E-state index contributed by atoms with van der Waals surface area (Å²) in [6.07, 6.45) is 0.861. The van der Waals surface area contributed by atoms with Crippen LogP contribution in [-0.2, 0) is 6.42 Å². The molecule has 0 saturated carbocycles. The number of hydrogen-bond acceptors (Lipinski definition) is 3. The largest absolute Gasteiger partial charge is 0.478 e. The molecule has 2 aromatic rings. The average molecular weight is 335 g/mol. The molecule has 0 saturated heterocycles. The molecule has 0 spiro atoms. The monoisotopic (exact) mass is 334 g/mol. The number of aromatic carboxylic acids is 1. The zero-order valence-electron chi connectivity index (χ0n) is 10.8. The summed E-state index contributed by atoms with van der Waals surface area (Å²) in [5.74, 6) is -0.975. The molecule has 4 N–H and O–H groups in total. The molecule has 2 aromatic carbocycles. The highest BCUT2D eigenvalue weighted by atomic mass is 79.9. The Labute approximate surface area is 125 Å². The third-order valence-corrected chi connectivity index (χ3v) is 3.41. The van der Waals surface area contributed by atoms with Gasteiger partial charge < -0.3 is 16.2 Å². The lowest BCUT2D eigenvalue weighted by Crippen LogP contribution is -2.08. The number of nitrogen functional groups attached to an aromatic ring is 1. The molecule has 0 heterocycles. The van der Waals surface area contributed by atoms with Gasteiger partial charge in [-0.1, -0.05) is 28.1 Å². The lowest BCUT2D eigenvalue weighted by atomic mass is 10.1. The molecule has 0 bridgehead atoms. The van der Waals surface area contributed by atoms with Gasteiger partial charge in [-0.2, -0.15) is 0 Å². The molecule has 0 amide bonds. The second-order valence-electron chi connectivity index (χ2n) is 4.41. The number of carbonyl (C=O) groups is 1. The van der Waals surface area contributed by atoms with Gasteiger partial charge in [0.15, 0.2) is 0 Å². The van der Waals surface area contributed by atoms with Crippen LogP contribution in [0.3, 0.4) is 0 Å². The molecule has 0 aliphatic heterocycles. The molecule has 0 atom stereocenters. The van der Waals surface area contributed by atoms with Gasteiger partial charge in [-0.25, -0.2) is 4.79 Å². The fourth-order valence-corrected chi connectivity index (χ4v) is 2.34. The molecule has 0 aliphatic carbocycles. The van der Waals surface area contributed by atoms with E-state index in [0.717, 1.165) is 23.1 Å². The highest BCUT2D eigenvalue weighted by molar-refractivity contribution is 9.10. The predicted molar refractivity (Wildman–Crippen MR) is 84.1 cm³/mol. The molecule has 104 valence electrons. The predicted octanol–water partition coefficient (Wildman–Crippen LogP) is 3.38. The Bertz CT molecular complexity index is 629. The van der Waals surface area contributed by atoms with E-state index in [1.807, 2.05) is 12.1 Å². The van der Waals surface area contributed by atoms with Crippen molar-refractivity contribution in [2.24, 2.45) is 0 Å². The molecule has 0 aromatic heterocycles. The van der Waals surface area contributed by atoms with Crippen LogP contribution in [0.4, 0.5) is 11.4 Å². The van der Waals surface area contributed by atoms with Crippen molar-refractivity contribution in [1.29, 1.82) is 0 Å². The number of rotatable bonds is 5. The maximum Gasteiger partial charge on any atom is 0.335 e. The number of nitrogens with two attached hydrogens (primary N) is 1. The zero-order valence-corrected chi connectivity index (χ0v) is 12.4. The lowest BCUT2D eigenvalue weighted by molar-refractivity contribution is 0.0697. The third kappa shape index (κ3) is 3.74. The fraction of sp³-hybridized carbons (Fsp3) is 0.133. The second-order valence-corrected chi connectivity index (χ2v) is 5.33. The SMILES string of the molecule is Nc1cc(C(=O)O)ccc1NCCc1cccc(Br)c1. The number of anilines is 2. The first kappa shape index (κ1) is 14.4. The van der Waals surface area contributed by atoms with E-state index in [9.17, 15) is 4.79 Å². The van der Waals surface area contributed by atoms with E-state index in [0.29, 0.717) is 5.69 Å². The van der Waals surface area contributed by atoms with E-state index >= 15 is 0 Å². The van der Waals surface area contributed by atoms with Gasteiger partial charge in [0, 0.05) is 11.0 Å². The van der Waals surface area contributed by atoms with E-state index in [2.05, 4.69) is 33.4 Å². The van der Waals surface area contributed by atoms with Crippen LogP contribution in [0.1, 0.15) is 15.9 Å². The van der Waals surface area contributed by atoms with Crippen LogP contribution in [0.2, 0.25) is 0 Å². The minimum absolute atomic E-state index is 0.194. The smallest absolute Gasteiger partial charge is 0.335 e. The molecular weight excluding hydrogens is 320 g/mol. The van der Waals surface area contributed by atoms with E-state index in [-0.39, 0.29) is 5.56 Å². The van der Waals surface area contributed by atoms with Crippen molar-refractivity contribution < 1.29 is 9.90 Å². The van der Waals surface area contributed by atoms with Crippen molar-refractivity contribution in [2.75, 3.05) is 17.6 Å². The highest BCUT2D eigenvalue weighted by Gasteiger charge is 2.05. The van der Waals surface area contributed by atoms with Crippen LogP contribution in [0, 0.1) is 0 Å². The summed E-state index contributed by atoms with van der Waals surface area (Å²) in [6.45, 7) is 0.729. The first-order chi connectivity index (χ1) is 9.56. The molecule has 0 radical (unpaired) electrons. The number of hydrogen-bond donors (Lipinski definition) is 3. The molecule has 0 unspecified atom stereocenters. The van der Waals surface area contributed by atoms with Crippen molar-refractivity contribution in [2.45, 2.75) is 6.42 Å². The van der Waals surface area contributed by atoms with Crippen LogP contribution in [0.25, 0.3) is 0 Å². The van der Waals surface area contributed by atoms with Crippen LogP contribution in [-0.4, -0.2) is 17.6 Å². The maximum atomic E-state index is 10.8.